The lowest BCUT2D eigenvalue weighted by Crippen LogP contribution is -2.49. The third-order valence-corrected chi connectivity index (χ3v) is 7.79. The number of oxime groups is 1. The van der Waals surface area contributed by atoms with Gasteiger partial charge >= 0.3 is 5.97 Å². The van der Waals surface area contributed by atoms with Crippen molar-refractivity contribution in [3.8, 4) is 0 Å². The number of carbonyl (C=O) groups excluding carboxylic acids is 2. The van der Waals surface area contributed by atoms with E-state index < -0.39 is 29.2 Å². The second-order valence-electron chi connectivity index (χ2n) is 9.81. The van der Waals surface area contributed by atoms with Crippen molar-refractivity contribution in [2.75, 3.05) is 5.32 Å². The number of nitrogens with one attached hydrogen (secondary N) is 2. The van der Waals surface area contributed by atoms with Gasteiger partial charge in [0.15, 0.2) is 0 Å². The zero-order valence-electron chi connectivity index (χ0n) is 21.9. The van der Waals surface area contributed by atoms with Crippen LogP contribution in [-0.2, 0) is 27.5 Å². The van der Waals surface area contributed by atoms with Gasteiger partial charge in [0.1, 0.15) is 12.6 Å². The lowest BCUT2D eigenvalue weighted by molar-refractivity contribution is -0.142. The normalized spacial score (nSPS) is 14.9. The molecule has 8 nitrogen and oxygen atoms in total. The molecular formula is C30H28Cl3N3O5. The summed E-state index contributed by atoms with van der Waals surface area (Å²) in [7, 11) is 0. The summed E-state index contributed by atoms with van der Waals surface area (Å²) in [6.45, 7) is 0.213. The number of carboxylic acid groups (broad SMARTS) is 1. The Morgan fingerprint density at radius 1 is 0.927 bits per heavy atom. The summed E-state index contributed by atoms with van der Waals surface area (Å²) >= 11 is 18.1. The summed E-state index contributed by atoms with van der Waals surface area (Å²) in [6, 6.07) is 17.4. The highest BCUT2D eigenvalue weighted by atomic mass is 35.5. The predicted molar refractivity (Wildman–Crippen MR) is 160 cm³/mol. The van der Waals surface area contributed by atoms with E-state index >= 15 is 0 Å². The van der Waals surface area contributed by atoms with Crippen LogP contribution in [0.2, 0.25) is 15.1 Å². The van der Waals surface area contributed by atoms with Gasteiger partial charge in [-0.25, -0.2) is 4.79 Å². The molecule has 3 aromatic carbocycles. The highest BCUT2D eigenvalue weighted by molar-refractivity contribution is 6.40. The van der Waals surface area contributed by atoms with E-state index in [0.29, 0.717) is 29.1 Å². The molecule has 1 saturated carbocycles. The van der Waals surface area contributed by atoms with Gasteiger partial charge in [-0.3, -0.25) is 9.59 Å². The van der Waals surface area contributed by atoms with E-state index in [-0.39, 0.29) is 28.6 Å². The summed E-state index contributed by atoms with van der Waals surface area (Å²) < 4.78 is 0. The van der Waals surface area contributed by atoms with Crippen LogP contribution < -0.4 is 10.6 Å². The van der Waals surface area contributed by atoms with Crippen molar-refractivity contribution >= 4 is 64.5 Å². The van der Waals surface area contributed by atoms with Gasteiger partial charge in [0.05, 0.1) is 27.2 Å². The van der Waals surface area contributed by atoms with Crippen LogP contribution in [0.15, 0.2) is 71.9 Å². The fourth-order valence-electron chi connectivity index (χ4n) is 4.62. The Hall–Kier alpha value is -3.59. The molecule has 0 bridgehead atoms. The zero-order valence-corrected chi connectivity index (χ0v) is 24.2. The van der Waals surface area contributed by atoms with Gasteiger partial charge in [-0.05, 0) is 60.4 Å². The minimum absolute atomic E-state index is 0.0476. The number of carbonyl (C=O) groups is 3. The number of benzene rings is 3. The molecule has 41 heavy (non-hydrogen) atoms. The Labute approximate surface area is 252 Å². The monoisotopic (exact) mass is 615 g/mol. The molecule has 0 aromatic heterocycles. The van der Waals surface area contributed by atoms with Gasteiger partial charge in [0.2, 0.25) is 5.91 Å². The number of amides is 2. The van der Waals surface area contributed by atoms with Crippen molar-refractivity contribution in [3.63, 3.8) is 0 Å². The van der Waals surface area contributed by atoms with Crippen molar-refractivity contribution in [3.05, 3.63) is 98.5 Å². The molecule has 0 saturated heterocycles. The second-order valence-corrected chi connectivity index (χ2v) is 11.1. The molecule has 1 aliphatic rings. The minimum atomic E-state index is -1.16. The summed E-state index contributed by atoms with van der Waals surface area (Å²) in [5.74, 6) is -2.03. The van der Waals surface area contributed by atoms with E-state index in [0.717, 1.165) is 18.4 Å². The molecule has 4 rings (SSSR count). The van der Waals surface area contributed by atoms with Crippen LogP contribution in [0, 0.1) is 5.41 Å². The standard InChI is InChI=1S/C30H28Cl3N3O5/c31-21-10-6-20(7-11-21)17-41-34-18-30(14-1-2-15-30)29(40)36-25(28(38)39)16-19-8-12-22(13-9-19)35-27(37)26-23(32)4-3-5-24(26)33/h3-13,18,25H,1-2,14-17H2,(H,35,37)(H,36,40)(H,38,39)/t25-/m0/s1. The highest BCUT2D eigenvalue weighted by Gasteiger charge is 2.41. The van der Waals surface area contributed by atoms with Gasteiger partial charge < -0.3 is 20.6 Å². The van der Waals surface area contributed by atoms with E-state index in [9.17, 15) is 19.5 Å². The fourth-order valence-corrected chi connectivity index (χ4v) is 5.32. The molecule has 1 atom stereocenters. The maximum atomic E-state index is 13.3. The number of aliphatic carboxylic acids is 1. The van der Waals surface area contributed by atoms with Crippen LogP contribution in [0.1, 0.15) is 47.2 Å². The minimum Gasteiger partial charge on any atom is -0.480 e. The van der Waals surface area contributed by atoms with E-state index in [4.69, 9.17) is 39.6 Å². The van der Waals surface area contributed by atoms with Crippen molar-refractivity contribution in [2.24, 2.45) is 10.6 Å². The SMILES string of the molecule is O=C(Nc1ccc(C[C@H](NC(=O)C2(C=NOCc3ccc(Cl)cc3)CCCC2)C(=O)O)cc1)c1c(Cl)cccc1Cl. The van der Waals surface area contributed by atoms with Crippen LogP contribution >= 0.6 is 34.8 Å². The van der Waals surface area contributed by atoms with Gasteiger partial charge in [0.25, 0.3) is 5.91 Å². The van der Waals surface area contributed by atoms with Gasteiger partial charge in [-0.2, -0.15) is 0 Å². The summed E-state index contributed by atoms with van der Waals surface area (Å²) in [5.41, 5.74) is 1.23. The molecule has 0 aliphatic heterocycles. The first-order valence-electron chi connectivity index (χ1n) is 13.0. The van der Waals surface area contributed by atoms with E-state index in [1.54, 1.807) is 54.6 Å². The largest absolute Gasteiger partial charge is 0.480 e. The highest BCUT2D eigenvalue weighted by Crippen LogP contribution is 2.37. The number of hydrogen-bond acceptors (Lipinski definition) is 5. The summed E-state index contributed by atoms with van der Waals surface area (Å²) in [6.07, 6.45) is 4.27. The molecule has 0 spiro atoms. The van der Waals surface area contributed by atoms with Gasteiger partial charge in [-0.1, -0.05) is 83.1 Å². The molecule has 1 aliphatic carbocycles. The first kappa shape index (κ1) is 30.4. The molecule has 0 unspecified atom stereocenters. The average Bonchev–Trinajstić information content (AvgIpc) is 3.43. The van der Waals surface area contributed by atoms with Crippen LogP contribution in [0.4, 0.5) is 5.69 Å². The van der Waals surface area contributed by atoms with Crippen LogP contribution in [0.25, 0.3) is 0 Å². The maximum absolute atomic E-state index is 13.3. The Balaban J connectivity index is 1.37. The lowest BCUT2D eigenvalue weighted by Gasteiger charge is -2.25. The number of nitrogens with zero attached hydrogens (tertiary/aromatic N) is 1. The number of anilines is 1. The Kier molecular flexibility index (Phi) is 10.3. The van der Waals surface area contributed by atoms with E-state index in [1.807, 2.05) is 12.1 Å². The molecular weight excluding hydrogens is 589 g/mol. The Morgan fingerprint density at radius 2 is 1.54 bits per heavy atom. The van der Waals surface area contributed by atoms with Gasteiger partial charge in [-0.15, -0.1) is 0 Å². The molecule has 11 heteroatoms. The average molecular weight is 617 g/mol. The fraction of sp³-hybridized carbons (Fsp3) is 0.267. The third kappa shape index (κ3) is 8.00. The van der Waals surface area contributed by atoms with E-state index in [2.05, 4.69) is 15.8 Å². The van der Waals surface area contributed by atoms with Crippen LogP contribution in [0.3, 0.4) is 0 Å². The number of rotatable bonds is 11. The van der Waals surface area contributed by atoms with Crippen LogP contribution in [0.5, 0.6) is 0 Å². The molecule has 3 N–H and O–H groups in total. The number of carboxylic acids is 1. The predicted octanol–water partition coefficient (Wildman–Crippen LogP) is 6.77. The van der Waals surface area contributed by atoms with Crippen LogP contribution in [-0.4, -0.2) is 35.1 Å². The first-order valence-corrected chi connectivity index (χ1v) is 14.1. The molecule has 2 amide bonds. The van der Waals surface area contributed by atoms with Crippen molar-refractivity contribution in [1.29, 1.82) is 0 Å². The maximum Gasteiger partial charge on any atom is 0.326 e. The summed E-state index contributed by atoms with van der Waals surface area (Å²) in [5, 5.41) is 20.4. The topological polar surface area (TPSA) is 117 Å². The Bertz CT molecular complexity index is 1400. The third-order valence-electron chi connectivity index (χ3n) is 6.91. The number of hydrogen-bond donors (Lipinski definition) is 3. The molecule has 1 fully saturated rings. The summed E-state index contributed by atoms with van der Waals surface area (Å²) in [4.78, 5) is 43.4. The second kappa shape index (κ2) is 13.9. The first-order chi connectivity index (χ1) is 19.7. The van der Waals surface area contributed by atoms with E-state index in [1.165, 1.54) is 6.21 Å². The molecule has 3 aromatic rings. The molecule has 0 heterocycles. The Morgan fingerprint density at radius 3 is 2.15 bits per heavy atom. The molecule has 0 radical (unpaired) electrons. The lowest BCUT2D eigenvalue weighted by atomic mass is 9.86. The zero-order chi connectivity index (χ0) is 29.4. The van der Waals surface area contributed by atoms with Crippen molar-refractivity contribution < 1.29 is 24.3 Å². The quantitative estimate of drug-likeness (QED) is 0.162. The number of halogens is 3. The smallest absolute Gasteiger partial charge is 0.326 e. The van der Waals surface area contributed by atoms with Crippen molar-refractivity contribution in [2.45, 2.75) is 44.8 Å². The molecule has 214 valence electrons. The van der Waals surface area contributed by atoms with Crippen molar-refractivity contribution in [1.82, 2.24) is 5.32 Å². The van der Waals surface area contributed by atoms with Gasteiger partial charge in [0, 0.05) is 17.1 Å².